The number of carbonyl (C=O) groups excluding carboxylic acids is 2. The minimum atomic E-state index is -0.784. The molecule has 0 radical (unpaired) electrons. The zero-order valence-corrected chi connectivity index (χ0v) is 8.95. The van der Waals surface area contributed by atoms with E-state index in [0.717, 1.165) is 19.6 Å². The zero-order chi connectivity index (χ0) is 11.3. The van der Waals surface area contributed by atoms with E-state index >= 15 is 0 Å². The van der Waals surface area contributed by atoms with E-state index in [2.05, 4.69) is 22.5 Å². The highest BCUT2D eigenvalue weighted by molar-refractivity contribution is 5.93. The monoisotopic (exact) mass is 214 g/mol. The van der Waals surface area contributed by atoms with Gasteiger partial charge in [0.2, 0.25) is 5.91 Å². The van der Waals surface area contributed by atoms with Gasteiger partial charge in [-0.05, 0) is 6.92 Å². The van der Waals surface area contributed by atoms with Gasteiger partial charge in [0.25, 0.3) is 0 Å². The molecule has 86 valence electrons. The summed E-state index contributed by atoms with van der Waals surface area (Å²) in [5, 5.41) is 5.32. The molecule has 6 heteroatoms. The Morgan fingerprint density at radius 1 is 1.60 bits per heavy atom. The van der Waals surface area contributed by atoms with Crippen LogP contribution in [0.15, 0.2) is 0 Å². The molecule has 1 rings (SSSR count). The summed E-state index contributed by atoms with van der Waals surface area (Å²) >= 11 is 0. The Bertz CT molecular complexity index is 244. The number of imide groups is 1. The fraction of sp³-hybridized carbons (Fsp3) is 0.778. The molecule has 1 aliphatic rings. The van der Waals surface area contributed by atoms with Gasteiger partial charge in [-0.15, -0.1) is 0 Å². The normalized spacial score (nSPS) is 22.3. The summed E-state index contributed by atoms with van der Waals surface area (Å²) < 4.78 is 0. The third-order valence-electron chi connectivity index (χ3n) is 2.53. The highest BCUT2D eigenvalue weighted by atomic mass is 16.2. The molecule has 4 N–H and O–H groups in total. The molecule has 0 aliphatic carbocycles. The van der Waals surface area contributed by atoms with E-state index in [-0.39, 0.29) is 5.91 Å². The van der Waals surface area contributed by atoms with Gasteiger partial charge in [-0.2, -0.15) is 0 Å². The fourth-order valence-electron chi connectivity index (χ4n) is 1.66. The minimum absolute atomic E-state index is 0.312. The Morgan fingerprint density at radius 3 is 2.93 bits per heavy atom. The van der Waals surface area contributed by atoms with Gasteiger partial charge in [0.15, 0.2) is 0 Å². The van der Waals surface area contributed by atoms with Crippen LogP contribution in [0.3, 0.4) is 0 Å². The average Bonchev–Trinajstić information content (AvgIpc) is 2.15. The van der Waals surface area contributed by atoms with E-state index in [0.29, 0.717) is 19.0 Å². The third kappa shape index (κ3) is 4.26. The Balaban J connectivity index is 2.23. The number of rotatable bonds is 3. The van der Waals surface area contributed by atoms with Crippen molar-refractivity contribution >= 4 is 11.9 Å². The lowest BCUT2D eigenvalue weighted by molar-refractivity contribution is -0.120. The van der Waals surface area contributed by atoms with Crippen molar-refractivity contribution in [2.75, 3.05) is 26.2 Å². The third-order valence-corrected chi connectivity index (χ3v) is 2.53. The van der Waals surface area contributed by atoms with Crippen molar-refractivity contribution < 1.29 is 9.59 Å². The summed E-state index contributed by atoms with van der Waals surface area (Å²) in [6, 6.07) is -0.353. The van der Waals surface area contributed by atoms with Crippen LogP contribution in [-0.4, -0.2) is 49.1 Å². The van der Waals surface area contributed by atoms with Gasteiger partial charge >= 0.3 is 6.03 Å². The lowest BCUT2D eigenvalue weighted by Gasteiger charge is -2.33. The molecule has 6 nitrogen and oxygen atoms in total. The molecule has 0 aromatic heterocycles. The minimum Gasteiger partial charge on any atom is -0.351 e. The maximum atomic E-state index is 11.1. The molecule has 1 atom stereocenters. The number of nitrogens with zero attached hydrogens (tertiary/aromatic N) is 1. The molecule has 0 aromatic rings. The van der Waals surface area contributed by atoms with Crippen molar-refractivity contribution in [3.05, 3.63) is 0 Å². The first-order valence-corrected chi connectivity index (χ1v) is 5.13. The highest BCUT2D eigenvalue weighted by Gasteiger charge is 2.18. The predicted molar refractivity (Wildman–Crippen MR) is 56.2 cm³/mol. The summed E-state index contributed by atoms with van der Waals surface area (Å²) in [5.74, 6) is -0.312. The van der Waals surface area contributed by atoms with Gasteiger partial charge in [0.1, 0.15) is 0 Å². The molecule has 1 aliphatic heterocycles. The van der Waals surface area contributed by atoms with Crippen molar-refractivity contribution in [2.45, 2.75) is 19.4 Å². The van der Waals surface area contributed by atoms with E-state index in [1.54, 1.807) is 0 Å². The van der Waals surface area contributed by atoms with Crippen LogP contribution in [0.25, 0.3) is 0 Å². The van der Waals surface area contributed by atoms with Crippen LogP contribution in [0, 0.1) is 0 Å². The van der Waals surface area contributed by atoms with Gasteiger partial charge in [-0.1, -0.05) is 0 Å². The average molecular weight is 214 g/mol. The van der Waals surface area contributed by atoms with Crippen molar-refractivity contribution in [3.8, 4) is 0 Å². The summed E-state index contributed by atoms with van der Waals surface area (Å²) in [6.45, 7) is 5.60. The standard InChI is InChI=1S/C9H18N4O2/c1-7-6-11-3-5-13(7)4-2-8(14)12-9(10)15/h7,11H,2-6H2,1H3,(H3,10,12,14,15). The van der Waals surface area contributed by atoms with Crippen LogP contribution < -0.4 is 16.4 Å². The van der Waals surface area contributed by atoms with Gasteiger partial charge in [0, 0.05) is 38.6 Å². The topological polar surface area (TPSA) is 87.5 Å². The van der Waals surface area contributed by atoms with Crippen molar-refractivity contribution in [2.24, 2.45) is 5.73 Å². The molecule has 0 aromatic carbocycles. The molecule has 3 amide bonds. The second-order valence-electron chi connectivity index (χ2n) is 3.75. The fourth-order valence-corrected chi connectivity index (χ4v) is 1.66. The maximum absolute atomic E-state index is 11.1. The van der Waals surface area contributed by atoms with Crippen LogP contribution >= 0.6 is 0 Å². The zero-order valence-electron chi connectivity index (χ0n) is 8.95. The molecular weight excluding hydrogens is 196 g/mol. The number of nitrogens with one attached hydrogen (secondary N) is 2. The van der Waals surface area contributed by atoms with Gasteiger partial charge in [-0.3, -0.25) is 15.0 Å². The quantitative estimate of drug-likeness (QED) is 0.554. The lowest BCUT2D eigenvalue weighted by atomic mass is 10.2. The van der Waals surface area contributed by atoms with E-state index in [4.69, 9.17) is 5.73 Å². The Kier molecular flexibility index (Phi) is 4.51. The van der Waals surface area contributed by atoms with E-state index in [9.17, 15) is 9.59 Å². The largest absolute Gasteiger partial charge is 0.351 e. The molecule has 1 heterocycles. The summed E-state index contributed by atoms with van der Waals surface area (Å²) in [4.78, 5) is 23.8. The summed E-state index contributed by atoms with van der Waals surface area (Å²) in [6.07, 6.45) is 0.313. The SMILES string of the molecule is CC1CNCCN1CCC(=O)NC(N)=O. The summed E-state index contributed by atoms with van der Waals surface area (Å²) in [7, 11) is 0. The molecule has 1 fully saturated rings. The maximum Gasteiger partial charge on any atom is 0.318 e. The second kappa shape index (κ2) is 5.67. The van der Waals surface area contributed by atoms with Gasteiger partial charge < -0.3 is 11.1 Å². The van der Waals surface area contributed by atoms with E-state index < -0.39 is 6.03 Å². The first-order valence-electron chi connectivity index (χ1n) is 5.13. The van der Waals surface area contributed by atoms with Crippen LogP contribution in [0.1, 0.15) is 13.3 Å². The van der Waals surface area contributed by atoms with Crippen LogP contribution in [-0.2, 0) is 4.79 Å². The number of hydrogen-bond acceptors (Lipinski definition) is 4. The molecule has 1 saturated heterocycles. The number of primary amides is 1. The molecule has 0 spiro atoms. The summed E-state index contributed by atoms with van der Waals surface area (Å²) in [5.41, 5.74) is 4.83. The number of carbonyl (C=O) groups is 2. The number of amides is 3. The first-order chi connectivity index (χ1) is 7.09. The van der Waals surface area contributed by atoms with Crippen molar-refractivity contribution in [1.29, 1.82) is 0 Å². The number of hydrogen-bond donors (Lipinski definition) is 3. The van der Waals surface area contributed by atoms with E-state index in [1.807, 2.05) is 0 Å². The molecule has 0 bridgehead atoms. The Labute approximate surface area is 89.2 Å². The van der Waals surface area contributed by atoms with Crippen molar-refractivity contribution in [3.63, 3.8) is 0 Å². The molecule has 0 saturated carbocycles. The second-order valence-corrected chi connectivity index (χ2v) is 3.75. The van der Waals surface area contributed by atoms with Crippen molar-refractivity contribution in [1.82, 2.24) is 15.5 Å². The van der Waals surface area contributed by atoms with E-state index in [1.165, 1.54) is 0 Å². The number of urea groups is 1. The van der Waals surface area contributed by atoms with Crippen LogP contribution in [0.2, 0.25) is 0 Å². The molecule has 1 unspecified atom stereocenters. The predicted octanol–water partition coefficient (Wildman–Crippen LogP) is -1.13. The number of piperazine rings is 1. The van der Waals surface area contributed by atoms with Crippen LogP contribution in [0.5, 0.6) is 0 Å². The van der Waals surface area contributed by atoms with Gasteiger partial charge in [0.05, 0.1) is 0 Å². The van der Waals surface area contributed by atoms with Gasteiger partial charge in [-0.25, -0.2) is 4.79 Å². The first kappa shape index (κ1) is 11.9. The molecular formula is C9H18N4O2. The highest BCUT2D eigenvalue weighted by Crippen LogP contribution is 2.02. The van der Waals surface area contributed by atoms with Crippen LogP contribution in [0.4, 0.5) is 4.79 Å². The lowest BCUT2D eigenvalue weighted by Crippen LogP contribution is -2.50. The molecule has 15 heavy (non-hydrogen) atoms. The Morgan fingerprint density at radius 2 is 2.33 bits per heavy atom. The Hall–Kier alpha value is -1.14. The number of nitrogens with two attached hydrogens (primary N) is 1. The smallest absolute Gasteiger partial charge is 0.318 e.